The Kier molecular flexibility index (Phi) is 3.79. The number of carboxylic acid groups (broad SMARTS) is 1. The van der Waals surface area contributed by atoms with Gasteiger partial charge in [0.15, 0.2) is 0 Å². The number of amides is 1. The molecule has 108 valence electrons. The van der Waals surface area contributed by atoms with Gasteiger partial charge in [-0.2, -0.15) is 15.0 Å². The van der Waals surface area contributed by atoms with E-state index in [4.69, 9.17) is 16.6 Å². The highest BCUT2D eigenvalue weighted by Gasteiger charge is 2.10. The standard InChI is InChI=1S/C11H11N7O3/c12-9-16-10(13)18-11(17-9)15-6-3-1-5(2-4-6)14-7(19)8(20)21/h1-4H,(H,14,19)(H,20,21)(H5,12,13,15,16,17,18). The lowest BCUT2D eigenvalue weighted by molar-refractivity contribution is -0.147. The molecule has 0 saturated carbocycles. The van der Waals surface area contributed by atoms with Crippen LogP contribution in [0.25, 0.3) is 0 Å². The van der Waals surface area contributed by atoms with Crippen molar-refractivity contribution in [1.29, 1.82) is 0 Å². The second kappa shape index (κ2) is 5.69. The van der Waals surface area contributed by atoms with Crippen molar-refractivity contribution in [2.24, 2.45) is 0 Å². The smallest absolute Gasteiger partial charge is 0.394 e. The van der Waals surface area contributed by atoms with E-state index in [2.05, 4.69) is 25.6 Å². The van der Waals surface area contributed by atoms with Gasteiger partial charge in [0.05, 0.1) is 0 Å². The van der Waals surface area contributed by atoms with Crippen molar-refractivity contribution < 1.29 is 14.7 Å². The van der Waals surface area contributed by atoms with Crippen LogP contribution >= 0.6 is 0 Å². The second-order valence-electron chi connectivity index (χ2n) is 3.84. The predicted octanol–water partition coefficient (Wildman–Crippen LogP) is -0.197. The Bertz CT molecular complexity index is 666. The van der Waals surface area contributed by atoms with Gasteiger partial charge < -0.3 is 27.2 Å². The summed E-state index contributed by atoms with van der Waals surface area (Å²) in [4.78, 5) is 32.7. The molecule has 0 fully saturated rings. The third-order valence-electron chi connectivity index (χ3n) is 2.26. The van der Waals surface area contributed by atoms with Crippen molar-refractivity contribution in [2.45, 2.75) is 0 Å². The fourth-order valence-electron chi connectivity index (χ4n) is 1.42. The molecular weight excluding hydrogens is 278 g/mol. The predicted molar refractivity (Wildman–Crippen MR) is 74.6 cm³/mol. The number of benzene rings is 1. The average molecular weight is 289 g/mol. The zero-order valence-corrected chi connectivity index (χ0v) is 10.6. The molecule has 10 nitrogen and oxygen atoms in total. The van der Waals surface area contributed by atoms with Crippen LogP contribution in [0.2, 0.25) is 0 Å². The number of aromatic nitrogens is 3. The van der Waals surface area contributed by atoms with Crippen LogP contribution in [0.5, 0.6) is 0 Å². The zero-order chi connectivity index (χ0) is 15.4. The first-order valence-electron chi connectivity index (χ1n) is 5.62. The van der Waals surface area contributed by atoms with Crippen LogP contribution < -0.4 is 22.1 Å². The molecule has 0 atom stereocenters. The minimum absolute atomic E-state index is 0.0182. The number of anilines is 5. The van der Waals surface area contributed by atoms with Crippen molar-refractivity contribution in [2.75, 3.05) is 22.1 Å². The number of nitrogens with two attached hydrogens (primary N) is 2. The number of nitrogens with zero attached hydrogens (tertiary/aromatic N) is 3. The highest BCUT2D eigenvalue weighted by Crippen LogP contribution is 2.17. The molecule has 0 spiro atoms. The van der Waals surface area contributed by atoms with Crippen LogP contribution in [0, 0.1) is 0 Å². The van der Waals surface area contributed by atoms with Gasteiger partial charge in [0.2, 0.25) is 17.8 Å². The van der Waals surface area contributed by atoms with Gasteiger partial charge in [0, 0.05) is 11.4 Å². The molecule has 0 unspecified atom stereocenters. The molecule has 0 bridgehead atoms. The summed E-state index contributed by atoms with van der Waals surface area (Å²) in [6.07, 6.45) is 0. The summed E-state index contributed by atoms with van der Waals surface area (Å²) in [7, 11) is 0. The van der Waals surface area contributed by atoms with Gasteiger partial charge in [0.1, 0.15) is 0 Å². The Morgan fingerprint density at radius 1 is 0.952 bits per heavy atom. The van der Waals surface area contributed by atoms with E-state index in [1.54, 1.807) is 12.1 Å². The molecule has 21 heavy (non-hydrogen) atoms. The van der Waals surface area contributed by atoms with Crippen LogP contribution in [0.1, 0.15) is 0 Å². The van der Waals surface area contributed by atoms with E-state index >= 15 is 0 Å². The SMILES string of the molecule is Nc1nc(N)nc(Nc2ccc(NC(=O)C(=O)O)cc2)n1. The average Bonchev–Trinajstić information content (AvgIpc) is 2.39. The number of carbonyl (C=O) groups is 2. The number of hydrogen-bond donors (Lipinski definition) is 5. The summed E-state index contributed by atoms with van der Waals surface area (Å²) in [6.45, 7) is 0. The molecule has 10 heteroatoms. The summed E-state index contributed by atoms with van der Waals surface area (Å²) >= 11 is 0. The van der Waals surface area contributed by atoms with Crippen molar-refractivity contribution in [3.63, 3.8) is 0 Å². The molecule has 1 aromatic heterocycles. The zero-order valence-electron chi connectivity index (χ0n) is 10.6. The molecule has 0 aliphatic rings. The largest absolute Gasteiger partial charge is 0.474 e. The minimum atomic E-state index is -1.56. The van der Waals surface area contributed by atoms with Gasteiger partial charge in [-0.25, -0.2) is 4.79 Å². The Hall–Kier alpha value is -3.43. The number of nitrogen functional groups attached to an aromatic ring is 2. The Balaban J connectivity index is 2.08. The van der Waals surface area contributed by atoms with Gasteiger partial charge in [0.25, 0.3) is 0 Å². The molecule has 2 rings (SSSR count). The van der Waals surface area contributed by atoms with E-state index < -0.39 is 11.9 Å². The van der Waals surface area contributed by atoms with Crippen molar-refractivity contribution in [1.82, 2.24) is 15.0 Å². The number of carboxylic acids is 1. The van der Waals surface area contributed by atoms with E-state index in [0.717, 1.165) is 0 Å². The van der Waals surface area contributed by atoms with Gasteiger partial charge in [-0.1, -0.05) is 0 Å². The lowest BCUT2D eigenvalue weighted by atomic mass is 10.3. The monoisotopic (exact) mass is 289 g/mol. The van der Waals surface area contributed by atoms with E-state index in [9.17, 15) is 9.59 Å². The Labute approximate surface area is 118 Å². The summed E-state index contributed by atoms with van der Waals surface area (Å²) in [6, 6.07) is 6.20. The summed E-state index contributed by atoms with van der Waals surface area (Å²) in [5, 5.41) is 13.5. The number of rotatable bonds is 3. The summed E-state index contributed by atoms with van der Waals surface area (Å²) in [5.74, 6) is -2.55. The van der Waals surface area contributed by atoms with Crippen molar-refractivity contribution in [3.05, 3.63) is 24.3 Å². The van der Waals surface area contributed by atoms with E-state index in [0.29, 0.717) is 11.4 Å². The highest BCUT2D eigenvalue weighted by atomic mass is 16.4. The Morgan fingerprint density at radius 3 is 2.00 bits per heavy atom. The highest BCUT2D eigenvalue weighted by molar-refractivity contribution is 6.36. The van der Waals surface area contributed by atoms with Crippen molar-refractivity contribution >= 4 is 41.1 Å². The van der Waals surface area contributed by atoms with Gasteiger partial charge in [-0.05, 0) is 24.3 Å². The van der Waals surface area contributed by atoms with Crippen LogP contribution in [-0.4, -0.2) is 31.9 Å². The summed E-state index contributed by atoms with van der Waals surface area (Å²) in [5.41, 5.74) is 11.8. The van der Waals surface area contributed by atoms with Crippen LogP contribution in [0.4, 0.5) is 29.2 Å². The number of nitrogens with one attached hydrogen (secondary N) is 2. The first-order chi connectivity index (χ1) is 9.94. The van der Waals surface area contributed by atoms with Crippen LogP contribution in [-0.2, 0) is 9.59 Å². The van der Waals surface area contributed by atoms with E-state index in [-0.39, 0.29) is 17.8 Å². The lowest BCUT2D eigenvalue weighted by Gasteiger charge is -2.07. The molecule has 0 radical (unpaired) electrons. The maximum atomic E-state index is 11.0. The van der Waals surface area contributed by atoms with Gasteiger partial charge >= 0.3 is 11.9 Å². The van der Waals surface area contributed by atoms with Gasteiger partial charge in [-0.3, -0.25) is 4.79 Å². The number of carbonyl (C=O) groups excluding carboxylic acids is 1. The molecule has 2 aromatic rings. The fourth-order valence-corrected chi connectivity index (χ4v) is 1.42. The molecule has 0 saturated heterocycles. The maximum Gasteiger partial charge on any atom is 0.394 e. The third-order valence-corrected chi connectivity index (χ3v) is 2.26. The molecule has 0 aliphatic carbocycles. The fraction of sp³-hybridized carbons (Fsp3) is 0. The number of aliphatic carboxylic acids is 1. The topological polar surface area (TPSA) is 169 Å². The summed E-state index contributed by atoms with van der Waals surface area (Å²) < 4.78 is 0. The molecule has 7 N–H and O–H groups in total. The van der Waals surface area contributed by atoms with Gasteiger partial charge in [-0.15, -0.1) is 0 Å². The first kappa shape index (κ1) is 14.0. The number of hydrogen-bond acceptors (Lipinski definition) is 8. The second-order valence-corrected chi connectivity index (χ2v) is 3.84. The maximum absolute atomic E-state index is 11.0. The molecule has 0 aliphatic heterocycles. The molecule has 1 amide bonds. The van der Waals surface area contributed by atoms with Crippen molar-refractivity contribution in [3.8, 4) is 0 Å². The molecular formula is C11H11N7O3. The lowest BCUT2D eigenvalue weighted by Crippen LogP contribution is -2.21. The minimum Gasteiger partial charge on any atom is -0.474 e. The first-order valence-corrected chi connectivity index (χ1v) is 5.62. The van der Waals surface area contributed by atoms with E-state index in [1.807, 2.05) is 0 Å². The van der Waals surface area contributed by atoms with Crippen LogP contribution in [0.15, 0.2) is 24.3 Å². The van der Waals surface area contributed by atoms with E-state index in [1.165, 1.54) is 12.1 Å². The van der Waals surface area contributed by atoms with Crippen LogP contribution in [0.3, 0.4) is 0 Å². The third kappa shape index (κ3) is 3.76. The molecule has 1 heterocycles. The normalized spacial score (nSPS) is 9.90. The Morgan fingerprint density at radius 2 is 1.48 bits per heavy atom. The quantitative estimate of drug-likeness (QED) is 0.480. The molecule has 1 aromatic carbocycles.